The minimum absolute atomic E-state index is 0.0654. The number of H-pyrrole nitrogens is 2. The molecule has 0 aliphatic carbocycles. The van der Waals surface area contributed by atoms with Gasteiger partial charge in [0.1, 0.15) is 0 Å². The number of anilines is 1. The highest BCUT2D eigenvalue weighted by atomic mass is 16.2. The fourth-order valence-electron chi connectivity index (χ4n) is 1.44. The first-order valence-corrected chi connectivity index (χ1v) is 6.31. The van der Waals surface area contributed by atoms with Gasteiger partial charge < -0.3 is 5.32 Å². The first-order valence-electron chi connectivity index (χ1n) is 6.31. The molecule has 10 heteroatoms. The van der Waals surface area contributed by atoms with Gasteiger partial charge in [-0.2, -0.15) is 5.10 Å². The second-order valence-electron chi connectivity index (χ2n) is 4.08. The van der Waals surface area contributed by atoms with Gasteiger partial charge in [-0.1, -0.05) is 6.07 Å². The molecule has 10 nitrogen and oxygen atoms in total. The highest BCUT2D eigenvalue weighted by Gasteiger charge is 2.03. The van der Waals surface area contributed by atoms with Crippen LogP contribution in [0.3, 0.4) is 0 Å². The topological polar surface area (TPSA) is 145 Å². The molecule has 114 valence electrons. The van der Waals surface area contributed by atoms with Crippen molar-refractivity contribution in [2.24, 2.45) is 5.10 Å². The predicted molar refractivity (Wildman–Crippen MR) is 78.6 cm³/mol. The van der Waals surface area contributed by atoms with E-state index in [0.29, 0.717) is 5.69 Å². The average Bonchev–Trinajstić information content (AvgIpc) is 2.50. The Hall–Kier alpha value is -3.30. The first-order chi connectivity index (χ1) is 10.6. The van der Waals surface area contributed by atoms with Crippen molar-refractivity contribution in [2.45, 2.75) is 6.42 Å². The number of carbonyl (C=O) groups is 1. The van der Waals surface area contributed by atoms with E-state index in [0.717, 1.165) is 0 Å². The number of aromatic amines is 2. The van der Waals surface area contributed by atoms with Crippen molar-refractivity contribution in [3.05, 3.63) is 50.9 Å². The molecule has 2 rings (SSSR count). The van der Waals surface area contributed by atoms with Gasteiger partial charge in [-0.05, 0) is 12.1 Å². The number of hydrazone groups is 1. The largest absolute Gasteiger partial charge is 0.364 e. The lowest BCUT2D eigenvalue weighted by Crippen LogP contribution is -2.28. The number of rotatable bonds is 6. The molecule has 4 N–H and O–H groups in total. The van der Waals surface area contributed by atoms with Crippen LogP contribution in [0.5, 0.6) is 0 Å². The Morgan fingerprint density at radius 2 is 2.23 bits per heavy atom. The van der Waals surface area contributed by atoms with Crippen molar-refractivity contribution in [2.75, 3.05) is 11.9 Å². The van der Waals surface area contributed by atoms with E-state index in [1.165, 1.54) is 6.21 Å². The second-order valence-corrected chi connectivity index (χ2v) is 4.08. The monoisotopic (exact) mass is 303 g/mol. The number of pyridine rings is 1. The van der Waals surface area contributed by atoms with Gasteiger partial charge in [-0.25, -0.2) is 15.3 Å². The Labute approximate surface area is 123 Å². The molecule has 0 bridgehead atoms. The zero-order chi connectivity index (χ0) is 15.8. The Morgan fingerprint density at radius 3 is 2.95 bits per heavy atom. The average molecular weight is 303 g/mol. The molecule has 0 aliphatic heterocycles. The molecule has 0 aromatic carbocycles. The quantitative estimate of drug-likeness (QED) is 0.390. The number of nitrogens with zero attached hydrogens (tertiary/aromatic N) is 3. The number of amides is 1. The van der Waals surface area contributed by atoms with E-state index < -0.39 is 11.2 Å². The van der Waals surface area contributed by atoms with E-state index >= 15 is 0 Å². The Balaban J connectivity index is 1.75. The third kappa shape index (κ3) is 4.67. The maximum Gasteiger partial charge on any atom is 0.342 e. The summed E-state index contributed by atoms with van der Waals surface area (Å²) in [6.45, 7) is 0.160. The lowest BCUT2D eigenvalue weighted by molar-refractivity contribution is -0.120. The Morgan fingerprint density at radius 1 is 1.36 bits per heavy atom. The zero-order valence-electron chi connectivity index (χ0n) is 11.4. The summed E-state index contributed by atoms with van der Waals surface area (Å²) < 4.78 is 0. The zero-order valence-corrected chi connectivity index (χ0v) is 11.4. The molecule has 0 unspecified atom stereocenters. The molecule has 0 spiro atoms. The molecule has 0 atom stereocenters. The van der Waals surface area contributed by atoms with Crippen molar-refractivity contribution in [3.63, 3.8) is 0 Å². The third-order valence-corrected chi connectivity index (χ3v) is 2.43. The van der Waals surface area contributed by atoms with E-state index in [1.807, 2.05) is 4.98 Å². The standard InChI is InChI=1S/C12H13N7O3/c20-9(17-15-7-8-3-1-2-5-13-8)4-6-14-10-11(21)16-12(22)19-18-10/h1-3,5,7H,4,6H2,(H,14,18)(H,17,20)(H2,16,19,21,22)/b15-7-. The minimum atomic E-state index is -0.697. The van der Waals surface area contributed by atoms with Crippen molar-refractivity contribution in [3.8, 4) is 0 Å². The molecule has 2 aromatic rings. The first kappa shape index (κ1) is 15.1. The summed E-state index contributed by atoms with van der Waals surface area (Å²) in [4.78, 5) is 39.6. The van der Waals surface area contributed by atoms with E-state index in [-0.39, 0.29) is 24.7 Å². The van der Waals surface area contributed by atoms with Gasteiger partial charge in [0.15, 0.2) is 0 Å². The number of aromatic nitrogens is 4. The van der Waals surface area contributed by atoms with Gasteiger partial charge >= 0.3 is 5.69 Å². The van der Waals surface area contributed by atoms with Crippen LogP contribution in [-0.2, 0) is 4.79 Å². The molecule has 2 heterocycles. The molecular weight excluding hydrogens is 290 g/mol. The van der Waals surface area contributed by atoms with Crippen LogP contribution in [0.2, 0.25) is 0 Å². The molecule has 0 saturated carbocycles. The molecule has 0 radical (unpaired) electrons. The third-order valence-electron chi connectivity index (χ3n) is 2.43. The van der Waals surface area contributed by atoms with Gasteiger partial charge in [-0.15, -0.1) is 5.10 Å². The lowest BCUT2D eigenvalue weighted by atomic mass is 10.4. The summed E-state index contributed by atoms with van der Waals surface area (Å²) in [7, 11) is 0. The summed E-state index contributed by atoms with van der Waals surface area (Å²) in [5.41, 5.74) is 1.59. The van der Waals surface area contributed by atoms with E-state index in [9.17, 15) is 14.4 Å². The predicted octanol–water partition coefficient (Wildman–Crippen LogP) is -1.19. The molecule has 1 amide bonds. The second kappa shape index (κ2) is 7.47. The number of hydrogen-bond donors (Lipinski definition) is 4. The molecule has 22 heavy (non-hydrogen) atoms. The van der Waals surface area contributed by atoms with Crippen LogP contribution >= 0.6 is 0 Å². The van der Waals surface area contributed by atoms with Crippen LogP contribution in [0.25, 0.3) is 0 Å². The summed E-state index contributed by atoms with van der Waals surface area (Å²) in [5.74, 6) is -0.412. The summed E-state index contributed by atoms with van der Waals surface area (Å²) in [6, 6.07) is 5.31. The fraction of sp³-hybridized carbons (Fsp3) is 0.167. The number of nitrogens with one attached hydrogen (secondary N) is 4. The maximum atomic E-state index is 11.5. The highest BCUT2D eigenvalue weighted by Crippen LogP contribution is 1.89. The Bertz CT molecular complexity index is 766. The van der Waals surface area contributed by atoms with Gasteiger partial charge in [0.2, 0.25) is 11.7 Å². The van der Waals surface area contributed by atoms with Crippen molar-refractivity contribution >= 4 is 17.9 Å². The van der Waals surface area contributed by atoms with Gasteiger partial charge in [0.25, 0.3) is 5.56 Å². The summed E-state index contributed by atoms with van der Waals surface area (Å²) in [5, 5.41) is 12.0. The van der Waals surface area contributed by atoms with Crippen LogP contribution in [0.1, 0.15) is 12.1 Å². The van der Waals surface area contributed by atoms with E-state index in [1.54, 1.807) is 24.4 Å². The van der Waals surface area contributed by atoms with Crippen molar-refractivity contribution in [1.29, 1.82) is 0 Å². The maximum absolute atomic E-state index is 11.5. The highest BCUT2D eigenvalue weighted by molar-refractivity contribution is 5.80. The van der Waals surface area contributed by atoms with E-state index in [4.69, 9.17) is 0 Å². The lowest BCUT2D eigenvalue weighted by Gasteiger charge is -2.02. The summed E-state index contributed by atoms with van der Waals surface area (Å²) >= 11 is 0. The minimum Gasteiger partial charge on any atom is -0.364 e. The molecular formula is C12H13N7O3. The van der Waals surface area contributed by atoms with Crippen LogP contribution in [0.15, 0.2) is 39.1 Å². The van der Waals surface area contributed by atoms with Gasteiger partial charge in [0, 0.05) is 19.2 Å². The van der Waals surface area contributed by atoms with E-state index in [2.05, 4.69) is 31.0 Å². The molecule has 0 aliphatic rings. The molecule has 0 fully saturated rings. The van der Waals surface area contributed by atoms with Crippen molar-refractivity contribution < 1.29 is 4.79 Å². The normalized spacial score (nSPS) is 10.5. The number of carbonyl (C=O) groups excluding carboxylic acids is 1. The van der Waals surface area contributed by atoms with Crippen LogP contribution in [-0.4, -0.2) is 38.8 Å². The van der Waals surface area contributed by atoms with Crippen LogP contribution in [0.4, 0.5) is 5.82 Å². The van der Waals surface area contributed by atoms with Gasteiger partial charge in [0.05, 0.1) is 11.9 Å². The van der Waals surface area contributed by atoms with Crippen LogP contribution < -0.4 is 22.0 Å². The fourth-order valence-corrected chi connectivity index (χ4v) is 1.44. The van der Waals surface area contributed by atoms with Crippen molar-refractivity contribution in [1.82, 2.24) is 25.6 Å². The molecule has 2 aromatic heterocycles. The Kier molecular flexibility index (Phi) is 5.13. The SMILES string of the molecule is O=C(CCNc1n[nH]c(=O)[nH]c1=O)N/N=C\c1ccccn1. The smallest absolute Gasteiger partial charge is 0.342 e. The molecule has 0 saturated heterocycles. The number of hydrogen-bond acceptors (Lipinski definition) is 7. The van der Waals surface area contributed by atoms with Gasteiger partial charge in [-0.3, -0.25) is 19.6 Å². The van der Waals surface area contributed by atoms with Crippen LogP contribution in [0, 0.1) is 0 Å². The summed E-state index contributed by atoms with van der Waals surface area (Å²) in [6.07, 6.45) is 3.10.